The predicted molar refractivity (Wildman–Crippen MR) is 127 cm³/mol. The number of carbonyl (C=O) groups excluding carboxylic acids is 2. The van der Waals surface area contributed by atoms with Gasteiger partial charge in [0, 0.05) is 31.3 Å². The van der Waals surface area contributed by atoms with E-state index in [4.69, 9.17) is 46.4 Å². The third-order valence-corrected chi connectivity index (χ3v) is 5.76. The van der Waals surface area contributed by atoms with Gasteiger partial charge in [0.2, 0.25) is 5.91 Å². The lowest BCUT2D eigenvalue weighted by molar-refractivity contribution is -0.113. The number of anilines is 2. The molecule has 0 saturated carbocycles. The van der Waals surface area contributed by atoms with Crippen LogP contribution in [0.2, 0.25) is 20.1 Å². The molecular formula is C21H14Cl4N2O2S. The van der Waals surface area contributed by atoms with E-state index in [0.29, 0.717) is 32.0 Å². The second-order valence-corrected chi connectivity index (χ2v) is 8.87. The Morgan fingerprint density at radius 2 is 1.50 bits per heavy atom. The number of nitrogens with one attached hydrogen (secondary N) is 2. The second kappa shape index (κ2) is 10.4. The Balaban J connectivity index is 1.59. The minimum atomic E-state index is -0.352. The number of benzene rings is 3. The van der Waals surface area contributed by atoms with Crippen LogP contribution in [0, 0.1) is 0 Å². The Bertz CT molecular complexity index is 1090. The predicted octanol–water partition coefficient (Wildman–Crippen LogP) is 7.28. The maximum absolute atomic E-state index is 12.5. The highest BCUT2D eigenvalue weighted by atomic mass is 35.5. The number of thioether (sulfide) groups is 1. The molecule has 0 fully saturated rings. The maximum atomic E-state index is 12.5. The summed E-state index contributed by atoms with van der Waals surface area (Å²) in [5, 5.41) is 7.14. The summed E-state index contributed by atoms with van der Waals surface area (Å²) in [5.74, 6) is -0.389. The molecule has 3 aromatic rings. The summed E-state index contributed by atoms with van der Waals surface area (Å²) in [4.78, 5) is 25.5. The highest BCUT2D eigenvalue weighted by Crippen LogP contribution is 2.26. The molecule has 0 aliphatic rings. The van der Waals surface area contributed by atoms with E-state index in [0.717, 1.165) is 4.90 Å². The fourth-order valence-electron chi connectivity index (χ4n) is 2.51. The lowest BCUT2D eigenvalue weighted by atomic mass is 10.2. The van der Waals surface area contributed by atoms with Crippen molar-refractivity contribution in [3.05, 3.63) is 86.3 Å². The molecule has 154 valence electrons. The van der Waals surface area contributed by atoms with Crippen molar-refractivity contribution < 1.29 is 9.59 Å². The third kappa shape index (κ3) is 6.56. The maximum Gasteiger partial charge on any atom is 0.257 e. The molecule has 0 aromatic heterocycles. The molecule has 4 nitrogen and oxygen atoms in total. The summed E-state index contributed by atoms with van der Waals surface area (Å²) >= 11 is 25.1. The number of carbonyl (C=O) groups is 2. The van der Waals surface area contributed by atoms with Gasteiger partial charge in [-0.3, -0.25) is 9.59 Å². The summed E-state index contributed by atoms with van der Waals surface area (Å²) in [6.07, 6.45) is 0. The summed E-state index contributed by atoms with van der Waals surface area (Å²) < 4.78 is 0. The van der Waals surface area contributed by atoms with E-state index in [9.17, 15) is 9.59 Å². The van der Waals surface area contributed by atoms with E-state index >= 15 is 0 Å². The normalized spacial score (nSPS) is 10.5. The largest absolute Gasteiger partial charge is 0.325 e. The van der Waals surface area contributed by atoms with Crippen molar-refractivity contribution in [2.75, 3.05) is 16.4 Å². The Kier molecular flexibility index (Phi) is 7.92. The molecule has 0 aliphatic carbocycles. The molecule has 2 N–H and O–H groups in total. The van der Waals surface area contributed by atoms with E-state index in [-0.39, 0.29) is 22.6 Å². The molecule has 0 unspecified atom stereocenters. The quantitative estimate of drug-likeness (QED) is 0.350. The summed E-state index contributed by atoms with van der Waals surface area (Å²) in [6.45, 7) is 0. The fraction of sp³-hybridized carbons (Fsp3) is 0.0476. The van der Waals surface area contributed by atoms with Crippen molar-refractivity contribution in [3.63, 3.8) is 0 Å². The molecule has 0 heterocycles. The molecule has 3 aromatic carbocycles. The molecule has 0 aliphatic heterocycles. The van der Waals surface area contributed by atoms with Crippen LogP contribution in [0.25, 0.3) is 0 Å². The third-order valence-electron chi connectivity index (χ3n) is 3.78. The molecule has 2 amide bonds. The minimum absolute atomic E-state index is 0.171. The van der Waals surface area contributed by atoms with Gasteiger partial charge in [-0.1, -0.05) is 52.5 Å². The van der Waals surface area contributed by atoms with Crippen LogP contribution in [0.3, 0.4) is 0 Å². The monoisotopic (exact) mass is 498 g/mol. The van der Waals surface area contributed by atoms with Gasteiger partial charge in [0.05, 0.1) is 16.3 Å². The van der Waals surface area contributed by atoms with E-state index in [1.165, 1.54) is 17.8 Å². The van der Waals surface area contributed by atoms with Gasteiger partial charge in [-0.2, -0.15) is 0 Å². The van der Waals surface area contributed by atoms with Gasteiger partial charge in [0.15, 0.2) is 0 Å². The first-order chi connectivity index (χ1) is 14.3. The van der Waals surface area contributed by atoms with E-state index < -0.39 is 0 Å². The minimum Gasteiger partial charge on any atom is -0.325 e. The Morgan fingerprint density at radius 3 is 2.20 bits per heavy atom. The smallest absolute Gasteiger partial charge is 0.257 e. The molecule has 30 heavy (non-hydrogen) atoms. The highest BCUT2D eigenvalue weighted by Gasteiger charge is 2.12. The van der Waals surface area contributed by atoms with Crippen LogP contribution in [-0.2, 0) is 4.79 Å². The van der Waals surface area contributed by atoms with Crippen molar-refractivity contribution in [2.24, 2.45) is 0 Å². The Hall–Kier alpha value is -1.89. The number of hydrogen-bond donors (Lipinski definition) is 2. The average molecular weight is 500 g/mol. The first kappa shape index (κ1) is 22.8. The zero-order chi connectivity index (χ0) is 21.7. The zero-order valence-electron chi connectivity index (χ0n) is 15.2. The van der Waals surface area contributed by atoms with E-state index in [2.05, 4.69) is 10.6 Å². The standard InChI is InChI=1S/C21H14Cl4N2O2S/c22-12-4-5-18(19(25)9-12)21(29)27-15-2-1-3-17(10-15)30-11-20(28)26-16-7-13(23)6-14(24)8-16/h1-10H,11H2,(H,26,28)(H,27,29). The number of amides is 2. The lowest BCUT2D eigenvalue weighted by Gasteiger charge is -2.09. The zero-order valence-corrected chi connectivity index (χ0v) is 19.1. The van der Waals surface area contributed by atoms with Crippen LogP contribution in [0.4, 0.5) is 11.4 Å². The summed E-state index contributed by atoms with van der Waals surface area (Å²) in [5.41, 5.74) is 1.43. The van der Waals surface area contributed by atoms with Gasteiger partial charge in [-0.05, 0) is 54.6 Å². The molecule has 0 bridgehead atoms. The van der Waals surface area contributed by atoms with Crippen LogP contribution in [0.1, 0.15) is 10.4 Å². The second-order valence-electron chi connectivity index (χ2n) is 6.10. The van der Waals surface area contributed by atoms with Crippen molar-refractivity contribution in [1.29, 1.82) is 0 Å². The van der Waals surface area contributed by atoms with Gasteiger partial charge in [-0.25, -0.2) is 0 Å². The molecule has 0 spiro atoms. The van der Waals surface area contributed by atoms with Crippen molar-refractivity contribution in [1.82, 2.24) is 0 Å². The van der Waals surface area contributed by atoms with Crippen LogP contribution in [0.5, 0.6) is 0 Å². The molecular weight excluding hydrogens is 486 g/mol. The van der Waals surface area contributed by atoms with Gasteiger partial charge < -0.3 is 10.6 Å². The van der Waals surface area contributed by atoms with Gasteiger partial charge >= 0.3 is 0 Å². The van der Waals surface area contributed by atoms with Crippen LogP contribution in [-0.4, -0.2) is 17.6 Å². The van der Waals surface area contributed by atoms with Crippen LogP contribution in [0.15, 0.2) is 65.6 Å². The van der Waals surface area contributed by atoms with E-state index in [1.54, 1.807) is 48.5 Å². The summed E-state index contributed by atoms with van der Waals surface area (Å²) in [7, 11) is 0. The molecule has 0 radical (unpaired) electrons. The average Bonchev–Trinajstić information content (AvgIpc) is 2.65. The fourth-order valence-corrected chi connectivity index (χ4v) is 4.28. The Morgan fingerprint density at radius 1 is 0.767 bits per heavy atom. The van der Waals surface area contributed by atoms with E-state index in [1.807, 2.05) is 6.07 Å². The van der Waals surface area contributed by atoms with Crippen molar-refractivity contribution >= 4 is 81.4 Å². The van der Waals surface area contributed by atoms with Crippen molar-refractivity contribution in [2.45, 2.75) is 4.90 Å². The molecule has 0 saturated heterocycles. The number of halogens is 4. The first-order valence-corrected chi connectivity index (χ1v) is 11.0. The van der Waals surface area contributed by atoms with Gasteiger partial charge in [-0.15, -0.1) is 11.8 Å². The highest BCUT2D eigenvalue weighted by molar-refractivity contribution is 8.00. The summed E-state index contributed by atoms with van der Waals surface area (Å²) in [6, 6.07) is 16.7. The van der Waals surface area contributed by atoms with Gasteiger partial charge in [0.25, 0.3) is 5.91 Å². The van der Waals surface area contributed by atoms with Gasteiger partial charge in [0.1, 0.15) is 0 Å². The van der Waals surface area contributed by atoms with Crippen LogP contribution >= 0.6 is 58.2 Å². The first-order valence-electron chi connectivity index (χ1n) is 8.55. The Labute approximate surface area is 197 Å². The number of rotatable bonds is 6. The molecule has 3 rings (SSSR count). The lowest BCUT2D eigenvalue weighted by Crippen LogP contribution is -2.14. The van der Waals surface area contributed by atoms with Crippen LogP contribution < -0.4 is 10.6 Å². The number of hydrogen-bond acceptors (Lipinski definition) is 3. The van der Waals surface area contributed by atoms with Crippen molar-refractivity contribution in [3.8, 4) is 0 Å². The topological polar surface area (TPSA) is 58.2 Å². The SMILES string of the molecule is O=C(CSc1cccc(NC(=O)c2ccc(Cl)cc2Cl)c1)Nc1cc(Cl)cc(Cl)c1. The molecule has 0 atom stereocenters. The molecule has 9 heteroatoms.